The molecule has 10 heteroatoms. The molecule has 0 atom stereocenters. The number of carbonyl (C=O) groups is 1. The van der Waals surface area contributed by atoms with Gasteiger partial charge in [0.15, 0.2) is 11.0 Å². The van der Waals surface area contributed by atoms with Crippen molar-refractivity contribution < 1.29 is 9.18 Å². The highest BCUT2D eigenvalue weighted by molar-refractivity contribution is 7.99. The summed E-state index contributed by atoms with van der Waals surface area (Å²) in [6.07, 6.45) is 1.44. The van der Waals surface area contributed by atoms with Crippen LogP contribution in [0.4, 0.5) is 10.2 Å². The zero-order valence-electron chi connectivity index (χ0n) is 15.8. The predicted molar refractivity (Wildman–Crippen MR) is 120 cm³/mol. The molecule has 31 heavy (non-hydrogen) atoms. The van der Waals surface area contributed by atoms with Crippen LogP contribution in [0.3, 0.4) is 0 Å². The van der Waals surface area contributed by atoms with Gasteiger partial charge in [-0.1, -0.05) is 59.2 Å². The molecule has 4 aromatic rings. The number of carbonyl (C=O) groups excluding carboxylic acids is 1. The molecule has 0 saturated carbocycles. The standard InChI is InChI=1S/C21H14Cl2FN5OS/c22-13-9-10-18(25-11-13)26-19(30)12-31-21-28-27-20(14-5-1-2-6-15(14)23)29(21)17-8-4-3-7-16(17)24/h1-11H,12H2,(H,25,26,30). The van der Waals surface area contributed by atoms with Gasteiger partial charge in [0, 0.05) is 11.8 Å². The van der Waals surface area contributed by atoms with Gasteiger partial charge in [-0.05, 0) is 36.4 Å². The van der Waals surface area contributed by atoms with Crippen LogP contribution >= 0.6 is 35.0 Å². The van der Waals surface area contributed by atoms with E-state index >= 15 is 0 Å². The summed E-state index contributed by atoms with van der Waals surface area (Å²) in [6, 6.07) is 16.6. The maximum Gasteiger partial charge on any atom is 0.236 e. The molecular weight excluding hydrogens is 460 g/mol. The van der Waals surface area contributed by atoms with Crippen molar-refractivity contribution in [2.45, 2.75) is 5.16 Å². The number of para-hydroxylation sites is 1. The van der Waals surface area contributed by atoms with Crippen LogP contribution < -0.4 is 5.32 Å². The molecule has 0 spiro atoms. The van der Waals surface area contributed by atoms with Gasteiger partial charge in [0.25, 0.3) is 0 Å². The Labute approximate surface area is 191 Å². The molecule has 6 nitrogen and oxygen atoms in total. The molecule has 0 radical (unpaired) electrons. The first-order chi connectivity index (χ1) is 15.0. The zero-order valence-corrected chi connectivity index (χ0v) is 18.1. The topological polar surface area (TPSA) is 72.7 Å². The van der Waals surface area contributed by atoms with Gasteiger partial charge in [0.2, 0.25) is 5.91 Å². The van der Waals surface area contributed by atoms with Crippen molar-refractivity contribution >= 4 is 46.7 Å². The molecule has 1 N–H and O–H groups in total. The molecular formula is C21H14Cl2FN5OS. The first-order valence-electron chi connectivity index (χ1n) is 9.02. The minimum atomic E-state index is -0.452. The van der Waals surface area contributed by atoms with E-state index in [1.165, 1.54) is 12.3 Å². The number of pyridine rings is 1. The number of rotatable bonds is 6. The molecule has 0 aliphatic heterocycles. The van der Waals surface area contributed by atoms with Crippen LogP contribution in [0.5, 0.6) is 0 Å². The van der Waals surface area contributed by atoms with Gasteiger partial charge < -0.3 is 5.32 Å². The Morgan fingerprint density at radius 3 is 2.55 bits per heavy atom. The first kappa shape index (κ1) is 21.3. The first-order valence-corrected chi connectivity index (χ1v) is 10.8. The largest absolute Gasteiger partial charge is 0.310 e. The van der Waals surface area contributed by atoms with Crippen LogP contribution in [0.15, 0.2) is 72.0 Å². The maximum atomic E-state index is 14.6. The van der Waals surface area contributed by atoms with E-state index in [-0.39, 0.29) is 17.3 Å². The fourth-order valence-electron chi connectivity index (χ4n) is 2.79. The van der Waals surface area contributed by atoms with Crippen molar-refractivity contribution in [1.82, 2.24) is 19.7 Å². The molecule has 4 rings (SSSR count). The lowest BCUT2D eigenvalue weighted by atomic mass is 10.2. The summed E-state index contributed by atoms with van der Waals surface area (Å²) in [6.45, 7) is 0. The number of nitrogens with one attached hydrogen (secondary N) is 1. The number of benzene rings is 2. The number of aromatic nitrogens is 4. The lowest BCUT2D eigenvalue weighted by Gasteiger charge is -2.12. The molecule has 0 saturated heterocycles. The fourth-order valence-corrected chi connectivity index (χ4v) is 3.87. The molecule has 0 aliphatic carbocycles. The molecule has 2 heterocycles. The molecule has 0 bridgehead atoms. The van der Waals surface area contributed by atoms with Crippen LogP contribution in [0.25, 0.3) is 17.1 Å². The lowest BCUT2D eigenvalue weighted by molar-refractivity contribution is -0.113. The van der Waals surface area contributed by atoms with Gasteiger partial charge in [-0.3, -0.25) is 9.36 Å². The predicted octanol–water partition coefficient (Wildman–Crippen LogP) is 5.51. The van der Waals surface area contributed by atoms with Crippen LogP contribution in [0, 0.1) is 5.82 Å². The highest BCUT2D eigenvalue weighted by Crippen LogP contribution is 2.32. The number of thioether (sulfide) groups is 1. The fraction of sp³-hybridized carbons (Fsp3) is 0.0476. The molecule has 0 unspecified atom stereocenters. The number of nitrogens with zero attached hydrogens (tertiary/aromatic N) is 4. The van der Waals surface area contributed by atoms with E-state index < -0.39 is 5.82 Å². The Morgan fingerprint density at radius 2 is 1.81 bits per heavy atom. The van der Waals surface area contributed by atoms with Gasteiger partial charge in [-0.25, -0.2) is 9.37 Å². The number of anilines is 1. The number of hydrogen-bond donors (Lipinski definition) is 1. The van der Waals surface area contributed by atoms with Crippen LogP contribution in [-0.2, 0) is 4.79 Å². The van der Waals surface area contributed by atoms with Crippen molar-refractivity contribution in [3.05, 3.63) is 82.7 Å². The second-order valence-corrected chi connectivity index (χ2v) is 8.06. The van der Waals surface area contributed by atoms with Gasteiger partial charge in [-0.2, -0.15) is 0 Å². The summed E-state index contributed by atoms with van der Waals surface area (Å²) in [5.41, 5.74) is 0.853. The lowest BCUT2D eigenvalue weighted by Crippen LogP contribution is -2.15. The van der Waals surface area contributed by atoms with Crippen molar-refractivity contribution in [1.29, 1.82) is 0 Å². The van der Waals surface area contributed by atoms with Crippen molar-refractivity contribution in [2.24, 2.45) is 0 Å². The quantitative estimate of drug-likeness (QED) is 0.374. The van der Waals surface area contributed by atoms with E-state index in [4.69, 9.17) is 23.2 Å². The Balaban J connectivity index is 1.63. The van der Waals surface area contributed by atoms with E-state index in [1.54, 1.807) is 59.2 Å². The Morgan fingerprint density at radius 1 is 1.03 bits per heavy atom. The third kappa shape index (κ3) is 4.87. The summed E-state index contributed by atoms with van der Waals surface area (Å²) in [5.74, 6) is 0.00847. The van der Waals surface area contributed by atoms with E-state index in [0.717, 1.165) is 11.8 Å². The highest BCUT2D eigenvalue weighted by atomic mass is 35.5. The molecule has 0 aliphatic rings. The monoisotopic (exact) mass is 473 g/mol. The smallest absolute Gasteiger partial charge is 0.236 e. The SMILES string of the molecule is O=C(CSc1nnc(-c2ccccc2Cl)n1-c1ccccc1F)Nc1ccc(Cl)cn1. The summed E-state index contributed by atoms with van der Waals surface area (Å²) in [7, 11) is 0. The van der Waals surface area contributed by atoms with Crippen molar-refractivity contribution in [3.8, 4) is 17.1 Å². The Hall–Kier alpha value is -2.94. The maximum absolute atomic E-state index is 14.6. The van der Waals surface area contributed by atoms with Crippen LogP contribution in [-0.4, -0.2) is 31.4 Å². The molecule has 0 fully saturated rings. The summed E-state index contributed by atoms with van der Waals surface area (Å²) >= 11 is 13.3. The van der Waals surface area contributed by atoms with Crippen molar-refractivity contribution in [2.75, 3.05) is 11.1 Å². The van der Waals surface area contributed by atoms with Crippen molar-refractivity contribution in [3.63, 3.8) is 0 Å². The number of halogens is 3. The average Bonchev–Trinajstić information content (AvgIpc) is 3.18. The molecule has 2 aromatic carbocycles. The van der Waals surface area contributed by atoms with Crippen LogP contribution in [0.1, 0.15) is 0 Å². The van der Waals surface area contributed by atoms with Gasteiger partial charge in [0.1, 0.15) is 11.6 Å². The zero-order chi connectivity index (χ0) is 21.8. The second kappa shape index (κ2) is 9.47. The normalized spacial score (nSPS) is 10.8. The van der Waals surface area contributed by atoms with E-state index in [0.29, 0.717) is 32.4 Å². The third-order valence-electron chi connectivity index (χ3n) is 4.17. The number of hydrogen-bond acceptors (Lipinski definition) is 5. The third-order valence-corrected chi connectivity index (χ3v) is 5.65. The van der Waals surface area contributed by atoms with Crippen LogP contribution in [0.2, 0.25) is 10.0 Å². The molecule has 2 aromatic heterocycles. The molecule has 1 amide bonds. The summed E-state index contributed by atoms with van der Waals surface area (Å²) in [5, 5.41) is 12.3. The van der Waals surface area contributed by atoms with E-state index in [1.807, 2.05) is 0 Å². The van der Waals surface area contributed by atoms with Gasteiger partial charge in [0.05, 0.1) is 21.5 Å². The van der Waals surface area contributed by atoms with E-state index in [2.05, 4.69) is 20.5 Å². The summed E-state index contributed by atoms with van der Waals surface area (Å²) in [4.78, 5) is 16.4. The minimum absolute atomic E-state index is 0.0133. The minimum Gasteiger partial charge on any atom is -0.310 e. The average molecular weight is 474 g/mol. The molecule has 156 valence electrons. The van der Waals surface area contributed by atoms with Gasteiger partial charge in [-0.15, -0.1) is 10.2 Å². The number of amides is 1. The highest BCUT2D eigenvalue weighted by Gasteiger charge is 2.20. The Bertz CT molecular complexity index is 1230. The van der Waals surface area contributed by atoms with E-state index in [9.17, 15) is 9.18 Å². The Kier molecular flexibility index (Phi) is 6.50. The second-order valence-electron chi connectivity index (χ2n) is 6.27. The summed E-state index contributed by atoms with van der Waals surface area (Å²) < 4.78 is 16.2. The van der Waals surface area contributed by atoms with Gasteiger partial charge >= 0.3 is 0 Å².